The van der Waals surface area contributed by atoms with Gasteiger partial charge < -0.3 is 24.3 Å². The summed E-state index contributed by atoms with van der Waals surface area (Å²) in [7, 11) is 0. The summed E-state index contributed by atoms with van der Waals surface area (Å²) in [5.41, 5.74) is 1.18. The number of fused-ring (bicyclic) bond motifs is 1. The van der Waals surface area contributed by atoms with Gasteiger partial charge in [0.1, 0.15) is 24.1 Å². The molecule has 178 valence electrons. The lowest BCUT2D eigenvalue weighted by Gasteiger charge is -2.14. The van der Waals surface area contributed by atoms with Gasteiger partial charge in [-0.15, -0.1) is 0 Å². The van der Waals surface area contributed by atoms with Gasteiger partial charge in [-0.1, -0.05) is 34.1 Å². The Hall–Kier alpha value is -4.03. The molecule has 4 rings (SSSR count). The number of rotatable bonds is 8. The average Bonchev–Trinajstić information content (AvgIpc) is 3.32. The van der Waals surface area contributed by atoms with Crippen LogP contribution in [0.25, 0.3) is 6.08 Å². The molecule has 0 fully saturated rings. The zero-order chi connectivity index (χ0) is 24.8. The van der Waals surface area contributed by atoms with E-state index in [0.717, 1.165) is 5.56 Å². The number of amides is 1. The number of nitrogens with zero attached hydrogens (tertiary/aromatic N) is 1. The maximum Gasteiger partial charge on any atom is 0.266 e. The molecule has 0 saturated carbocycles. The molecule has 1 amide bonds. The van der Waals surface area contributed by atoms with E-state index < -0.39 is 11.7 Å². The van der Waals surface area contributed by atoms with E-state index in [1.165, 1.54) is 24.3 Å². The summed E-state index contributed by atoms with van der Waals surface area (Å²) in [4.78, 5) is 12.6. The van der Waals surface area contributed by atoms with Gasteiger partial charge in [-0.2, -0.15) is 5.26 Å². The average molecular weight is 539 g/mol. The quantitative estimate of drug-likeness (QED) is 0.286. The molecule has 0 unspecified atom stereocenters. The molecule has 1 aliphatic rings. The van der Waals surface area contributed by atoms with Gasteiger partial charge >= 0.3 is 0 Å². The van der Waals surface area contributed by atoms with E-state index in [-0.39, 0.29) is 24.7 Å². The summed E-state index contributed by atoms with van der Waals surface area (Å²) in [5, 5.41) is 12.0. The highest BCUT2D eigenvalue weighted by atomic mass is 79.9. The first-order valence-corrected chi connectivity index (χ1v) is 11.4. The molecule has 3 aromatic carbocycles. The maximum atomic E-state index is 13.9. The van der Waals surface area contributed by atoms with Crippen molar-refractivity contribution in [1.82, 2.24) is 0 Å². The van der Waals surface area contributed by atoms with Gasteiger partial charge in [-0.3, -0.25) is 4.79 Å². The fraction of sp³-hybridized carbons (Fsp3) is 0.154. The van der Waals surface area contributed by atoms with Crippen molar-refractivity contribution in [1.29, 1.82) is 5.26 Å². The molecule has 7 nitrogen and oxygen atoms in total. The Morgan fingerprint density at radius 3 is 2.69 bits per heavy atom. The Bertz CT molecular complexity index is 1340. The molecule has 0 saturated heterocycles. The number of hydrogen-bond donors (Lipinski definition) is 1. The van der Waals surface area contributed by atoms with E-state index in [9.17, 15) is 14.4 Å². The van der Waals surface area contributed by atoms with E-state index >= 15 is 0 Å². The Balaban J connectivity index is 1.55. The number of halogens is 2. The van der Waals surface area contributed by atoms with Gasteiger partial charge in [0.25, 0.3) is 5.91 Å². The Morgan fingerprint density at radius 2 is 1.91 bits per heavy atom. The lowest BCUT2D eigenvalue weighted by atomic mass is 10.1. The van der Waals surface area contributed by atoms with Crippen LogP contribution in [-0.4, -0.2) is 19.3 Å². The Labute approximate surface area is 209 Å². The maximum absolute atomic E-state index is 13.9. The van der Waals surface area contributed by atoms with Crippen LogP contribution in [0.2, 0.25) is 0 Å². The van der Waals surface area contributed by atoms with Crippen LogP contribution in [-0.2, 0) is 11.4 Å². The number of para-hydroxylation sites is 1. The molecular formula is C26H20BrFN2O5. The van der Waals surface area contributed by atoms with Gasteiger partial charge in [0.2, 0.25) is 6.79 Å². The Morgan fingerprint density at radius 1 is 1.14 bits per heavy atom. The molecule has 9 heteroatoms. The second-order valence-corrected chi connectivity index (χ2v) is 8.19. The molecule has 1 aliphatic heterocycles. The zero-order valence-corrected chi connectivity index (χ0v) is 20.2. The SMILES string of the molecule is CCOc1cc(/C=C(/C#N)C(=O)Nc2ccccc2F)c(Br)cc1OCc1ccc2c(c1)OCO2. The predicted octanol–water partition coefficient (Wildman–Crippen LogP) is 5.84. The molecule has 1 N–H and O–H groups in total. The van der Waals surface area contributed by atoms with Gasteiger partial charge in [0.05, 0.1) is 12.3 Å². The van der Waals surface area contributed by atoms with Crippen molar-refractivity contribution in [2.75, 3.05) is 18.7 Å². The topological polar surface area (TPSA) is 89.8 Å². The van der Waals surface area contributed by atoms with E-state index in [2.05, 4.69) is 21.2 Å². The number of hydrogen-bond acceptors (Lipinski definition) is 6. The highest BCUT2D eigenvalue weighted by molar-refractivity contribution is 9.10. The molecule has 0 atom stereocenters. The van der Waals surface area contributed by atoms with Crippen LogP contribution in [0.4, 0.5) is 10.1 Å². The molecular weight excluding hydrogens is 519 g/mol. The number of ether oxygens (including phenoxy) is 4. The molecule has 3 aromatic rings. The number of nitrogens with one attached hydrogen (secondary N) is 1. The third-order valence-corrected chi connectivity index (χ3v) is 5.67. The smallest absolute Gasteiger partial charge is 0.266 e. The van der Waals surface area contributed by atoms with Crippen molar-refractivity contribution in [3.05, 3.63) is 81.6 Å². The fourth-order valence-corrected chi connectivity index (χ4v) is 3.73. The first kappa shape index (κ1) is 24.1. The van der Waals surface area contributed by atoms with Gasteiger partial charge in [0, 0.05) is 4.47 Å². The molecule has 0 aliphatic carbocycles. The first-order valence-electron chi connectivity index (χ1n) is 10.6. The molecule has 35 heavy (non-hydrogen) atoms. The number of benzene rings is 3. The van der Waals surface area contributed by atoms with E-state index in [0.29, 0.717) is 39.6 Å². The van der Waals surface area contributed by atoms with E-state index in [1.54, 1.807) is 18.2 Å². The number of nitriles is 1. The van der Waals surface area contributed by atoms with Crippen LogP contribution in [0.15, 0.2) is 64.6 Å². The highest BCUT2D eigenvalue weighted by Crippen LogP contribution is 2.37. The third kappa shape index (κ3) is 5.73. The van der Waals surface area contributed by atoms with E-state index in [4.69, 9.17) is 18.9 Å². The lowest BCUT2D eigenvalue weighted by molar-refractivity contribution is -0.112. The first-order chi connectivity index (χ1) is 17.0. The minimum Gasteiger partial charge on any atom is -0.490 e. The van der Waals surface area contributed by atoms with Gasteiger partial charge in [-0.05, 0) is 60.5 Å². The summed E-state index contributed by atoms with van der Waals surface area (Å²) in [6.45, 7) is 2.66. The number of anilines is 1. The van der Waals surface area contributed by atoms with Gasteiger partial charge in [-0.25, -0.2) is 4.39 Å². The summed E-state index contributed by atoms with van der Waals surface area (Å²) < 4.78 is 36.9. The van der Waals surface area contributed by atoms with Crippen molar-refractivity contribution >= 4 is 33.6 Å². The van der Waals surface area contributed by atoms with Crippen LogP contribution in [0.1, 0.15) is 18.1 Å². The minimum atomic E-state index is -0.731. The second kappa shape index (κ2) is 10.9. The van der Waals surface area contributed by atoms with Crippen molar-refractivity contribution in [2.24, 2.45) is 0 Å². The van der Waals surface area contributed by atoms with Crippen molar-refractivity contribution in [3.8, 4) is 29.1 Å². The summed E-state index contributed by atoms with van der Waals surface area (Å²) in [5.74, 6) is 0.940. The number of carbonyl (C=O) groups excluding carboxylic acids is 1. The fourth-order valence-electron chi connectivity index (χ4n) is 3.29. The molecule has 0 aromatic heterocycles. The standard InChI is InChI=1S/C26H20BrFN2O5/c1-2-32-24-11-17(10-18(13-29)26(31)30-21-6-4-3-5-20(21)28)19(27)12-25(24)33-14-16-7-8-22-23(9-16)35-15-34-22/h3-12H,2,14-15H2,1H3,(H,30,31)/b18-10-. The summed E-state index contributed by atoms with van der Waals surface area (Å²) in [6, 6.07) is 16.5. The van der Waals surface area contributed by atoms with Crippen molar-refractivity contribution in [3.63, 3.8) is 0 Å². The monoisotopic (exact) mass is 538 g/mol. The molecule has 0 bridgehead atoms. The zero-order valence-electron chi connectivity index (χ0n) is 18.6. The van der Waals surface area contributed by atoms with E-state index in [1.807, 2.05) is 31.2 Å². The van der Waals surface area contributed by atoms with Gasteiger partial charge in [0.15, 0.2) is 23.0 Å². The van der Waals surface area contributed by atoms with Crippen LogP contribution in [0.5, 0.6) is 23.0 Å². The predicted molar refractivity (Wildman–Crippen MR) is 131 cm³/mol. The minimum absolute atomic E-state index is 0.0139. The molecule has 0 radical (unpaired) electrons. The van der Waals surface area contributed by atoms with Crippen LogP contribution < -0.4 is 24.3 Å². The van der Waals surface area contributed by atoms with Crippen LogP contribution in [0.3, 0.4) is 0 Å². The molecule has 1 heterocycles. The number of carbonyl (C=O) groups is 1. The largest absolute Gasteiger partial charge is 0.490 e. The normalized spacial score (nSPS) is 12.1. The third-order valence-electron chi connectivity index (χ3n) is 4.98. The Kier molecular flexibility index (Phi) is 7.53. The molecule has 0 spiro atoms. The highest BCUT2D eigenvalue weighted by Gasteiger charge is 2.17. The van der Waals surface area contributed by atoms with Crippen molar-refractivity contribution < 1.29 is 28.1 Å². The second-order valence-electron chi connectivity index (χ2n) is 7.33. The van der Waals surface area contributed by atoms with Crippen LogP contribution in [0, 0.1) is 17.1 Å². The van der Waals surface area contributed by atoms with Crippen LogP contribution >= 0.6 is 15.9 Å². The summed E-state index contributed by atoms with van der Waals surface area (Å²) in [6.07, 6.45) is 1.39. The van der Waals surface area contributed by atoms with Crippen molar-refractivity contribution in [2.45, 2.75) is 13.5 Å². The lowest BCUT2D eigenvalue weighted by Crippen LogP contribution is -2.14. The summed E-state index contributed by atoms with van der Waals surface area (Å²) >= 11 is 3.47.